The predicted molar refractivity (Wildman–Crippen MR) is 282 cm³/mol. The highest BCUT2D eigenvalue weighted by molar-refractivity contribution is 6.38. The predicted octanol–water partition coefficient (Wildman–Crippen LogP) is 12.7. The molecule has 2 N–H and O–H groups in total. The van der Waals surface area contributed by atoms with Crippen molar-refractivity contribution >= 4 is 115 Å². The summed E-state index contributed by atoms with van der Waals surface area (Å²) in [4.78, 5) is 64.8. The molecule has 0 aliphatic rings. The van der Waals surface area contributed by atoms with E-state index in [0.717, 1.165) is 26.9 Å². The number of aromatic nitrogens is 10. The Hall–Kier alpha value is -7.19. The van der Waals surface area contributed by atoms with Crippen LogP contribution in [0.15, 0.2) is 86.0 Å². The largest absolute Gasteiger partial charge is 0.460 e. The van der Waals surface area contributed by atoms with Crippen LogP contribution in [0.25, 0.3) is 33.2 Å². The number of ether oxygens (including phenoxy) is 3. The standard InChI is InChI=1S/C27H29Cl2N7O4.C23H22Cl2N6O2/c1-15-12-30-23(16-13-35(34-21(15)16)22-17(28)9-8-10-18(22)29)33-19-11-20(32-14-31-19)36(24(37)39-26(2,3)4)25(38)40-27(5,6)7;1-13-10-26-22(15-11-31(30-20(13)15)21-16(24)6-5-7-17(21)25)29-18-8-14(27-12-28-18)9-19(32)33-23(2,3)4/h8-14H,1-7H3,(H,30,31,32,33);5-8,10-12H,9H2,1-4H3,(H,26,27,28,29). The van der Waals surface area contributed by atoms with Crippen LogP contribution in [0.3, 0.4) is 0 Å². The van der Waals surface area contributed by atoms with Crippen LogP contribution in [-0.2, 0) is 25.4 Å². The van der Waals surface area contributed by atoms with Gasteiger partial charge < -0.3 is 24.8 Å². The van der Waals surface area contributed by atoms with Gasteiger partial charge in [-0.05, 0) is 112 Å². The van der Waals surface area contributed by atoms with E-state index in [0.29, 0.717) is 65.5 Å². The highest BCUT2D eigenvalue weighted by Gasteiger charge is 2.34. The van der Waals surface area contributed by atoms with Gasteiger partial charge in [0.1, 0.15) is 75.1 Å². The SMILES string of the molecule is Cc1cnc(Nc2cc(CC(=O)OC(C)(C)C)ncn2)c2cn(-c3c(Cl)cccc3Cl)nc12.Cc1cnc(Nc2cc(N(C(=O)OC(C)(C)C)C(=O)OC(C)(C)C)ncn2)c2cn(-c3c(Cl)cccc3Cl)nc12. The maximum atomic E-state index is 13.0. The van der Waals surface area contributed by atoms with Crippen LogP contribution in [0.5, 0.6) is 0 Å². The van der Waals surface area contributed by atoms with E-state index in [-0.39, 0.29) is 24.0 Å². The number of hydrogen-bond donors (Lipinski definition) is 2. The number of amides is 2. The van der Waals surface area contributed by atoms with Crippen molar-refractivity contribution in [3.8, 4) is 11.4 Å². The lowest BCUT2D eigenvalue weighted by molar-refractivity contribution is -0.154. The van der Waals surface area contributed by atoms with E-state index in [4.69, 9.17) is 60.6 Å². The molecule has 0 aliphatic heterocycles. The number of fused-ring (bicyclic) bond motifs is 2. The Labute approximate surface area is 440 Å². The summed E-state index contributed by atoms with van der Waals surface area (Å²) >= 11 is 25.5. The normalized spacial score (nSPS) is 11.7. The molecule has 0 radical (unpaired) electrons. The van der Waals surface area contributed by atoms with Gasteiger partial charge in [0, 0.05) is 36.9 Å². The van der Waals surface area contributed by atoms with Gasteiger partial charge in [-0.3, -0.25) is 4.79 Å². The number of imide groups is 1. The third-order valence-electron chi connectivity index (χ3n) is 9.79. The zero-order chi connectivity index (χ0) is 53.2. The van der Waals surface area contributed by atoms with E-state index in [1.807, 2.05) is 40.8 Å². The average Bonchev–Trinajstić information content (AvgIpc) is 3.92. The summed E-state index contributed by atoms with van der Waals surface area (Å²) in [5.41, 5.74) is 2.47. The van der Waals surface area contributed by atoms with Crippen molar-refractivity contribution in [2.45, 2.75) is 99.4 Å². The lowest BCUT2D eigenvalue weighted by Crippen LogP contribution is -2.44. The lowest BCUT2D eigenvalue weighted by Gasteiger charge is -2.28. The molecule has 0 saturated carbocycles. The Morgan fingerprint density at radius 2 is 0.986 bits per heavy atom. The molecular formula is C50H51Cl4N13O6. The molecule has 380 valence electrons. The number of nitrogens with zero attached hydrogens (tertiary/aromatic N) is 11. The number of rotatable bonds is 9. The summed E-state index contributed by atoms with van der Waals surface area (Å²) in [6, 6.07) is 13.6. The molecule has 23 heteroatoms. The lowest BCUT2D eigenvalue weighted by atomic mass is 10.2. The summed E-state index contributed by atoms with van der Waals surface area (Å²) in [7, 11) is 0. The maximum absolute atomic E-state index is 13.0. The molecule has 73 heavy (non-hydrogen) atoms. The van der Waals surface area contributed by atoms with Crippen molar-refractivity contribution in [2.75, 3.05) is 15.5 Å². The second-order valence-electron chi connectivity index (χ2n) is 19.4. The molecule has 2 aromatic carbocycles. The number of aryl methyl sites for hydroxylation is 2. The second kappa shape index (κ2) is 21.5. The Balaban J connectivity index is 0.000000218. The fraction of sp³-hybridized carbons (Fsp3) is 0.300. The Kier molecular flexibility index (Phi) is 15.8. The minimum Gasteiger partial charge on any atom is -0.460 e. The molecule has 6 aromatic heterocycles. The maximum Gasteiger partial charge on any atom is 0.425 e. The van der Waals surface area contributed by atoms with Gasteiger partial charge in [-0.1, -0.05) is 58.5 Å². The molecule has 0 atom stereocenters. The number of pyridine rings is 2. The fourth-order valence-electron chi connectivity index (χ4n) is 6.85. The monoisotopic (exact) mass is 1070 g/mol. The van der Waals surface area contributed by atoms with Crippen LogP contribution in [0.2, 0.25) is 20.1 Å². The van der Waals surface area contributed by atoms with Gasteiger partial charge in [-0.15, -0.1) is 0 Å². The van der Waals surface area contributed by atoms with Gasteiger partial charge >= 0.3 is 18.2 Å². The highest BCUT2D eigenvalue weighted by Crippen LogP contribution is 2.34. The first-order valence-corrected chi connectivity index (χ1v) is 24.0. The summed E-state index contributed by atoms with van der Waals surface area (Å²) in [5, 5.41) is 18.9. The van der Waals surface area contributed by atoms with E-state index in [1.165, 1.54) is 18.7 Å². The summed E-state index contributed by atoms with van der Waals surface area (Å²) in [6.45, 7) is 19.4. The molecule has 8 rings (SSSR count). The number of esters is 1. The first-order valence-electron chi connectivity index (χ1n) is 22.5. The zero-order valence-corrected chi connectivity index (χ0v) is 44.7. The smallest absolute Gasteiger partial charge is 0.425 e. The van der Waals surface area contributed by atoms with Crippen molar-refractivity contribution in [1.29, 1.82) is 0 Å². The van der Waals surface area contributed by atoms with Crippen LogP contribution in [0, 0.1) is 13.8 Å². The van der Waals surface area contributed by atoms with Crippen molar-refractivity contribution in [1.82, 2.24) is 49.5 Å². The van der Waals surface area contributed by atoms with Crippen LogP contribution < -0.4 is 15.5 Å². The number of halogens is 4. The number of nitrogens with one attached hydrogen (secondary N) is 2. The van der Waals surface area contributed by atoms with E-state index in [1.54, 1.807) is 112 Å². The fourth-order valence-corrected chi connectivity index (χ4v) is 7.99. The topological polar surface area (TPSA) is 219 Å². The van der Waals surface area contributed by atoms with Crippen LogP contribution in [0.4, 0.5) is 38.7 Å². The molecule has 0 saturated heterocycles. The zero-order valence-electron chi connectivity index (χ0n) is 41.7. The van der Waals surface area contributed by atoms with Crippen LogP contribution in [0.1, 0.15) is 79.1 Å². The molecule has 8 aromatic rings. The van der Waals surface area contributed by atoms with E-state index in [9.17, 15) is 14.4 Å². The third kappa shape index (κ3) is 13.5. The molecule has 0 bridgehead atoms. The molecule has 0 aliphatic carbocycles. The van der Waals surface area contributed by atoms with Crippen molar-refractivity contribution in [2.24, 2.45) is 0 Å². The molecule has 0 unspecified atom stereocenters. The molecule has 19 nitrogen and oxygen atoms in total. The summed E-state index contributed by atoms with van der Waals surface area (Å²) in [5.74, 6) is 1.30. The number of carbonyl (C=O) groups excluding carboxylic acids is 3. The Morgan fingerprint density at radius 1 is 0.575 bits per heavy atom. The number of para-hydroxylation sites is 2. The molecular weight excluding hydrogens is 1020 g/mol. The minimum atomic E-state index is -0.944. The summed E-state index contributed by atoms with van der Waals surface area (Å²) in [6.07, 6.45) is 7.69. The van der Waals surface area contributed by atoms with Gasteiger partial charge in [0.25, 0.3) is 0 Å². The number of benzene rings is 2. The van der Waals surface area contributed by atoms with E-state index < -0.39 is 29.0 Å². The first kappa shape index (κ1) is 53.6. The quantitative estimate of drug-likeness (QED) is 0.101. The van der Waals surface area contributed by atoms with Crippen LogP contribution >= 0.6 is 46.4 Å². The second-order valence-corrected chi connectivity index (χ2v) is 21.0. The van der Waals surface area contributed by atoms with Crippen LogP contribution in [-0.4, -0.2) is 84.4 Å². The minimum absolute atomic E-state index is 0.0359. The molecule has 0 spiro atoms. The van der Waals surface area contributed by atoms with Crippen molar-refractivity contribution in [3.05, 3.63) is 123 Å². The molecule has 2 amide bonds. The number of carbonyl (C=O) groups is 3. The number of hydrogen-bond acceptors (Lipinski definition) is 16. The van der Waals surface area contributed by atoms with Gasteiger partial charge in [-0.2, -0.15) is 15.1 Å². The molecule has 6 heterocycles. The Morgan fingerprint density at radius 3 is 1.41 bits per heavy atom. The van der Waals surface area contributed by atoms with E-state index in [2.05, 4.69) is 50.7 Å². The van der Waals surface area contributed by atoms with Gasteiger partial charge in [0.2, 0.25) is 0 Å². The average molecular weight is 1070 g/mol. The highest BCUT2D eigenvalue weighted by atomic mass is 35.5. The number of anilines is 5. The van der Waals surface area contributed by atoms with Crippen molar-refractivity contribution < 1.29 is 28.6 Å². The first-order chi connectivity index (χ1) is 34.2. The van der Waals surface area contributed by atoms with Gasteiger partial charge in [0.05, 0.1) is 43.0 Å². The van der Waals surface area contributed by atoms with Gasteiger partial charge in [-0.25, -0.2) is 48.9 Å². The third-order valence-corrected chi connectivity index (χ3v) is 11.0. The van der Waals surface area contributed by atoms with Crippen molar-refractivity contribution in [3.63, 3.8) is 0 Å². The Bertz CT molecular complexity index is 3310. The van der Waals surface area contributed by atoms with Gasteiger partial charge in [0.15, 0.2) is 5.82 Å². The van der Waals surface area contributed by atoms with E-state index >= 15 is 0 Å². The molecule has 0 fully saturated rings. The summed E-state index contributed by atoms with van der Waals surface area (Å²) < 4.78 is 19.5.